The van der Waals surface area contributed by atoms with Gasteiger partial charge >= 0.3 is 0 Å². The summed E-state index contributed by atoms with van der Waals surface area (Å²) in [6.45, 7) is 8.49. The van der Waals surface area contributed by atoms with Crippen molar-refractivity contribution in [2.75, 3.05) is 31.1 Å². The Balaban J connectivity index is 2.07. The molecule has 1 aliphatic rings. The van der Waals surface area contributed by atoms with Crippen LogP contribution >= 0.6 is 0 Å². The van der Waals surface area contributed by atoms with Crippen LogP contribution in [0.15, 0.2) is 12.4 Å². The van der Waals surface area contributed by atoms with Crippen LogP contribution in [-0.4, -0.2) is 36.1 Å². The fraction of sp³-hybridized carbons (Fsp3) is 0.667. The predicted octanol–water partition coefficient (Wildman–Crippen LogP) is 1.40. The summed E-state index contributed by atoms with van der Waals surface area (Å²) < 4.78 is 0. The summed E-state index contributed by atoms with van der Waals surface area (Å²) in [5.74, 6) is 1.37. The molecule has 88 valence electrons. The van der Waals surface area contributed by atoms with Gasteiger partial charge in [-0.2, -0.15) is 0 Å². The quantitative estimate of drug-likeness (QED) is 0.818. The van der Waals surface area contributed by atoms with Crippen molar-refractivity contribution in [3.05, 3.63) is 18.0 Å². The Kier molecular flexibility index (Phi) is 3.72. The molecule has 16 heavy (non-hydrogen) atoms. The minimum absolute atomic E-state index is 0.500. The van der Waals surface area contributed by atoms with E-state index in [1.807, 2.05) is 12.4 Å². The van der Waals surface area contributed by atoms with E-state index in [9.17, 15) is 0 Å². The molecule has 0 amide bonds. The van der Waals surface area contributed by atoms with Crippen LogP contribution in [0.25, 0.3) is 0 Å². The molecular formula is C12H20N4. The molecule has 0 spiro atoms. The molecule has 1 aromatic rings. The molecule has 1 fully saturated rings. The first-order chi connectivity index (χ1) is 7.77. The van der Waals surface area contributed by atoms with Crippen LogP contribution in [0.1, 0.15) is 31.7 Å². The molecule has 0 bridgehead atoms. The maximum Gasteiger partial charge on any atom is 0.225 e. The van der Waals surface area contributed by atoms with E-state index >= 15 is 0 Å². The summed E-state index contributed by atoms with van der Waals surface area (Å²) in [6, 6.07) is 0. The summed E-state index contributed by atoms with van der Waals surface area (Å²) in [5.41, 5.74) is 1.21. The van der Waals surface area contributed by atoms with E-state index in [2.05, 4.69) is 34.0 Å². The second-order valence-corrected chi connectivity index (χ2v) is 4.56. The Bertz CT molecular complexity index is 312. The average Bonchev–Trinajstić information content (AvgIpc) is 2.57. The molecule has 4 heteroatoms. The van der Waals surface area contributed by atoms with Crippen molar-refractivity contribution in [1.82, 2.24) is 15.3 Å². The molecule has 2 rings (SSSR count). The molecule has 0 radical (unpaired) electrons. The average molecular weight is 220 g/mol. The predicted molar refractivity (Wildman–Crippen MR) is 65.8 cm³/mol. The second-order valence-electron chi connectivity index (χ2n) is 4.56. The van der Waals surface area contributed by atoms with Crippen molar-refractivity contribution in [2.24, 2.45) is 0 Å². The molecule has 1 N–H and O–H groups in total. The van der Waals surface area contributed by atoms with Crippen molar-refractivity contribution in [1.29, 1.82) is 0 Å². The normalized spacial score (nSPS) is 17.6. The molecule has 1 aromatic heterocycles. The standard InChI is InChI=1S/C12H20N4/c1-10(2)11-8-14-12(15-9-11)16-6-3-4-13-5-7-16/h8-10,13H,3-7H2,1-2H3. The molecule has 0 atom stereocenters. The molecule has 2 heterocycles. The number of nitrogens with one attached hydrogen (secondary N) is 1. The largest absolute Gasteiger partial charge is 0.340 e. The highest BCUT2D eigenvalue weighted by Crippen LogP contribution is 2.14. The monoisotopic (exact) mass is 220 g/mol. The molecule has 0 aromatic carbocycles. The van der Waals surface area contributed by atoms with Gasteiger partial charge in [-0.1, -0.05) is 13.8 Å². The fourth-order valence-electron chi connectivity index (χ4n) is 1.84. The Morgan fingerprint density at radius 3 is 2.62 bits per heavy atom. The fourth-order valence-corrected chi connectivity index (χ4v) is 1.84. The molecular weight excluding hydrogens is 200 g/mol. The second kappa shape index (κ2) is 5.25. The molecule has 0 unspecified atom stereocenters. The Morgan fingerprint density at radius 1 is 1.19 bits per heavy atom. The van der Waals surface area contributed by atoms with Gasteiger partial charge in [-0.25, -0.2) is 9.97 Å². The van der Waals surface area contributed by atoms with E-state index < -0.39 is 0 Å². The first kappa shape index (κ1) is 11.3. The van der Waals surface area contributed by atoms with E-state index in [4.69, 9.17) is 0 Å². The van der Waals surface area contributed by atoms with E-state index in [1.165, 1.54) is 5.56 Å². The lowest BCUT2D eigenvalue weighted by Crippen LogP contribution is -2.29. The van der Waals surface area contributed by atoms with Gasteiger partial charge in [0.25, 0.3) is 0 Å². The lowest BCUT2D eigenvalue weighted by molar-refractivity contribution is 0.724. The third kappa shape index (κ3) is 2.70. The van der Waals surface area contributed by atoms with Crippen LogP contribution in [0.4, 0.5) is 5.95 Å². The summed E-state index contributed by atoms with van der Waals surface area (Å²) in [4.78, 5) is 11.2. The van der Waals surface area contributed by atoms with Crippen molar-refractivity contribution < 1.29 is 0 Å². The van der Waals surface area contributed by atoms with Crippen LogP contribution in [0.3, 0.4) is 0 Å². The lowest BCUT2D eigenvalue weighted by atomic mass is 10.1. The maximum atomic E-state index is 4.45. The summed E-state index contributed by atoms with van der Waals surface area (Å²) in [6.07, 6.45) is 5.06. The van der Waals surface area contributed by atoms with Gasteiger partial charge in [0, 0.05) is 32.0 Å². The van der Waals surface area contributed by atoms with Crippen LogP contribution < -0.4 is 10.2 Å². The van der Waals surface area contributed by atoms with Crippen molar-refractivity contribution >= 4 is 5.95 Å². The number of anilines is 1. The summed E-state index contributed by atoms with van der Waals surface area (Å²) in [7, 11) is 0. The zero-order valence-electron chi connectivity index (χ0n) is 10.1. The number of hydrogen-bond donors (Lipinski definition) is 1. The number of rotatable bonds is 2. The van der Waals surface area contributed by atoms with Gasteiger partial charge in [-0.3, -0.25) is 0 Å². The van der Waals surface area contributed by atoms with E-state index in [0.29, 0.717) is 5.92 Å². The Morgan fingerprint density at radius 2 is 1.94 bits per heavy atom. The zero-order valence-corrected chi connectivity index (χ0v) is 10.1. The third-order valence-electron chi connectivity index (χ3n) is 2.95. The van der Waals surface area contributed by atoms with Crippen molar-refractivity contribution in [2.45, 2.75) is 26.2 Å². The van der Waals surface area contributed by atoms with Gasteiger partial charge in [0.15, 0.2) is 0 Å². The van der Waals surface area contributed by atoms with Gasteiger partial charge in [-0.15, -0.1) is 0 Å². The number of nitrogens with zero attached hydrogens (tertiary/aromatic N) is 3. The summed E-state index contributed by atoms with van der Waals surface area (Å²) in [5, 5.41) is 3.38. The molecule has 0 saturated carbocycles. The van der Waals surface area contributed by atoms with Crippen molar-refractivity contribution in [3.63, 3.8) is 0 Å². The Hall–Kier alpha value is -1.16. The van der Waals surface area contributed by atoms with E-state index in [0.717, 1.165) is 38.5 Å². The molecule has 1 saturated heterocycles. The molecule has 4 nitrogen and oxygen atoms in total. The third-order valence-corrected chi connectivity index (χ3v) is 2.95. The smallest absolute Gasteiger partial charge is 0.225 e. The zero-order chi connectivity index (χ0) is 11.4. The van der Waals surface area contributed by atoms with Gasteiger partial charge in [0.2, 0.25) is 5.95 Å². The van der Waals surface area contributed by atoms with Gasteiger partial charge in [0.05, 0.1) is 0 Å². The Labute approximate surface area is 97.1 Å². The first-order valence-electron chi connectivity index (χ1n) is 6.05. The van der Waals surface area contributed by atoms with E-state index in [-0.39, 0.29) is 0 Å². The van der Waals surface area contributed by atoms with Crippen LogP contribution in [-0.2, 0) is 0 Å². The highest BCUT2D eigenvalue weighted by atomic mass is 15.3. The maximum absolute atomic E-state index is 4.45. The van der Waals surface area contributed by atoms with Crippen molar-refractivity contribution in [3.8, 4) is 0 Å². The first-order valence-corrected chi connectivity index (χ1v) is 6.05. The topological polar surface area (TPSA) is 41.1 Å². The minimum Gasteiger partial charge on any atom is -0.340 e. The SMILES string of the molecule is CC(C)c1cnc(N2CCCNCC2)nc1. The highest BCUT2D eigenvalue weighted by Gasteiger charge is 2.11. The van der Waals surface area contributed by atoms with Crippen LogP contribution in [0, 0.1) is 0 Å². The highest BCUT2D eigenvalue weighted by molar-refractivity contribution is 5.30. The van der Waals surface area contributed by atoms with Crippen LogP contribution in [0.2, 0.25) is 0 Å². The lowest BCUT2D eigenvalue weighted by Gasteiger charge is -2.19. The van der Waals surface area contributed by atoms with Crippen LogP contribution in [0.5, 0.6) is 0 Å². The summed E-state index contributed by atoms with van der Waals surface area (Å²) >= 11 is 0. The number of hydrogen-bond acceptors (Lipinski definition) is 4. The van der Waals surface area contributed by atoms with E-state index in [1.54, 1.807) is 0 Å². The van der Waals surface area contributed by atoms with Gasteiger partial charge in [0.1, 0.15) is 0 Å². The van der Waals surface area contributed by atoms with Gasteiger partial charge in [-0.05, 0) is 24.4 Å². The van der Waals surface area contributed by atoms with Gasteiger partial charge < -0.3 is 10.2 Å². The molecule has 0 aliphatic carbocycles. The molecule has 1 aliphatic heterocycles. The minimum atomic E-state index is 0.500. The number of aromatic nitrogens is 2.